The second-order valence-corrected chi connectivity index (χ2v) is 9.49. The quantitative estimate of drug-likeness (QED) is 0.254. The smallest absolute Gasteiger partial charge is 0.0159 e. The topological polar surface area (TPSA) is 0 Å². The summed E-state index contributed by atoms with van der Waals surface area (Å²) in [5.41, 5.74) is 10.6. The van der Waals surface area contributed by atoms with Gasteiger partial charge in [-0.25, -0.2) is 0 Å². The number of benzene rings is 5. The summed E-state index contributed by atoms with van der Waals surface area (Å²) < 4.78 is 0. The van der Waals surface area contributed by atoms with Gasteiger partial charge in [0.2, 0.25) is 0 Å². The van der Waals surface area contributed by atoms with Crippen molar-refractivity contribution in [2.75, 3.05) is 0 Å². The van der Waals surface area contributed by atoms with Gasteiger partial charge in [0.05, 0.1) is 0 Å². The van der Waals surface area contributed by atoms with Gasteiger partial charge in [0.15, 0.2) is 0 Å². The summed E-state index contributed by atoms with van der Waals surface area (Å²) in [6.45, 7) is 4.67. The molecule has 0 saturated carbocycles. The first-order chi connectivity index (χ1) is 16.1. The van der Waals surface area contributed by atoms with Crippen molar-refractivity contribution in [1.29, 1.82) is 0 Å². The average Bonchev–Trinajstić information content (AvgIpc) is 3.09. The summed E-state index contributed by atoms with van der Waals surface area (Å²) in [6.07, 6.45) is 4.38. The lowest BCUT2D eigenvalue weighted by molar-refractivity contribution is 0.660. The van der Waals surface area contributed by atoms with Gasteiger partial charge in [-0.2, -0.15) is 0 Å². The van der Waals surface area contributed by atoms with Gasteiger partial charge in [0.1, 0.15) is 0 Å². The van der Waals surface area contributed by atoms with Crippen LogP contribution < -0.4 is 0 Å². The first-order valence-corrected chi connectivity index (χ1v) is 11.6. The summed E-state index contributed by atoms with van der Waals surface area (Å²) in [5.74, 6) is 0. The van der Waals surface area contributed by atoms with E-state index in [4.69, 9.17) is 0 Å². The molecule has 33 heavy (non-hydrogen) atoms. The number of hydrogen-bond acceptors (Lipinski definition) is 0. The molecule has 0 N–H and O–H groups in total. The van der Waals surface area contributed by atoms with E-state index in [-0.39, 0.29) is 5.41 Å². The predicted molar refractivity (Wildman–Crippen MR) is 142 cm³/mol. The summed E-state index contributed by atoms with van der Waals surface area (Å²) in [7, 11) is 0. The Morgan fingerprint density at radius 2 is 1.12 bits per heavy atom. The molecule has 5 aromatic rings. The number of rotatable bonds is 3. The third-order valence-corrected chi connectivity index (χ3v) is 7.07. The molecular weight excluding hydrogens is 396 g/mol. The Labute approximate surface area is 195 Å². The van der Waals surface area contributed by atoms with Crippen LogP contribution >= 0.6 is 0 Å². The molecule has 0 radical (unpaired) electrons. The zero-order chi connectivity index (χ0) is 22.4. The summed E-state index contributed by atoms with van der Waals surface area (Å²) in [5, 5.41) is 2.55. The third-order valence-electron chi connectivity index (χ3n) is 7.07. The van der Waals surface area contributed by atoms with E-state index >= 15 is 0 Å². The Morgan fingerprint density at radius 1 is 0.485 bits per heavy atom. The molecule has 1 aliphatic rings. The van der Waals surface area contributed by atoms with Gasteiger partial charge in [0.25, 0.3) is 0 Å². The van der Waals surface area contributed by atoms with Crippen LogP contribution in [0.2, 0.25) is 0 Å². The van der Waals surface area contributed by atoms with Crippen LogP contribution in [-0.4, -0.2) is 0 Å². The molecule has 0 nitrogen and oxygen atoms in total. The fourth-order valence-corrected chi connectivity index (χ4v) is 5.17. The highest BCUT2D eigenvalue weighted by molar-refractivity contribution is 5.86. The van der Waals surface area contributed by atoms with Crippen LogP contribution in [0.4, 0.5) is 0 Å². The predicted octanol–water partition coefficient (Wildman–Crippen LogP) is 8.98. The monoisotopic (exact) mass is 422 g/mol. The zero-order valence-electron chi connectivity index (χ0n) is 19.0. The first-order valence-electron chi connectivity index (χ1n) is 11.6. The Balaban J connectivity index is 1.28. The summed E-state index contributed by atoms with van der Waals surface area (Å²) >= 11 is 0. The van der Waals surface area contributed by atoms with E-state index in [1.807, 2.05) is 0 Å². The number of hydrogen-bond donors (Lipinski definition) is 0. The fraction of sp³-hybridized carbons (Fsp3) is 0.0909. The van der Waals surface area contributed by atoms with Gasteiger partial charge in [-0.15, -0.1) is 0 Å². The Hall–Kier alpha value is -3.90. The van der Waals surface area contributed by atoms with Crippen molar-refractivity contribution in [3.05, 3.63) is 131 Å². The minimum absolute atomic E-state index is 0.0322. The van der Waals surface area contributed by atoms with Gasteiger partial charge in [-0.05, 0) is 67.4 Å². The SMILES string of the molecule is CC1(C)c2ccccc2-c2ccc(-c3ccc(C=Cc4ccc5ccccc5c4)cc3)cc21. The lowest BCUT2D eigenvalue weighted by Crippen LogP contribution is -2.14. The lowest BCUT2D eigenvalue weighted by Gasteiger charge is -2.22. The molecule has 0 bridgehead atoms. The van der Waals surface area contributed by atoms with Crippen LogP contribution in [0.5, 0.6) is 0 Å². The normalized spacial score (nSPS) is 13.9. The molecule has 0 amide bonds. The van der Waals surface area contributed by atoms with Gasteiger partial charge < -0.3 is 0 Å². The molecule has 0 saturated heterocycles. The van der Waals surface area contributed by atoms with Gasteiger partial charge in [-0.1, -0.05) is 123 Å². The Kier molecular flexibility index (Phi) is 4.55. The van der Waals surface area contributed by atoms with Gasteiger partial charge in [0, 0.05) is 5.41 Å². The van der Waals surface area contributed by atoms with E-state index in [0.29, 0.717) is 0 Å². The van der Waals surface area contributed by atoms with Crippen molar-refractivity contribution in [2.24, 2.45) is 0 Å². The second-order valence-electron chi connectivity index (χ2n) is 9.49. The van der Waals surface area contributed by atoms with Crippen LogP contribution in [0.1, 0.15) is 36.1 Å². The third kappa shape index (κ3) is 3.39. The maximum absolute atomic E-state index is 2.38. The maximum Gasteiger partial charge on any atom is 0.0159 e. The maximum atomic E-state index is 2.38. The van der Waals surface area contributed by atoms with E-state index in [1.165, 1.54) is 55.3 Å². The largest absolute Gasteiger partial charge is 0.0619 e. The molecule has 0 fully saturated rings. The van der Waals surface area contributed by atoms with Crippen molar-refractivity contribution in [3.8, 4) is 22.3 Å². The van der Waals surface area contributed by atoms with Crippen LogP contribution in [-0.2, 0) is 5.41 Å². The Morgan fingerprint density at radius 3 is 1.97 bits per heavy atom. The molecule has 6 rings (SSSR count). The van der Waals surface area contributed by atoms with Crippen molar-refractivity contribution in [3.63, 3.8) is 0 Å². The molecule has 0 aliphatic heterocycles. The Bertz CT molecular complexity index is 1510. The molecule has 0 heteroatoms. The highest BCUT2D eigenvalue weighted by Gasteiger charge is 2.35. The van der Waals surface area contributed by atoms with Crippen molar-refractivity contribution < 1.29 is 0 Å². The molecule has 0 aromatic heterocycles. The first kappa shape index (κ1) is 19.8. The minimum atomic E-state index is 0.0322. The van der Waals surface area contributed by atoms with Crippen molar-refractivity contribution in [1.82, 2.24) is 0 Å². The molecule has 0 atom stereocenters. The summed E-state index contributed by atoms with van der Waals surface area (Å²) in [4.78, 5) is 0. The number of fused-ring (bicyclic) bond motifs is 4. The molecule has 0 unspecified atom stereocenters. The molecule has 0 heterocycles. The molecule has 158 valence electrons. The van der Waals surface area contributed by atoms with E-state index in [0.717, 1.165) is 0 Å². The average molecular weight is 423 g/mol. The molecule has 5 aromatic carbocycles. The zero-order valence-corrected chi connectivity index (χ0v) is 19.0. The standard InChI is InChI=1S/C33H26/c1-33(2)31-10-6-5-9-29(31)30-20-19-28(22-32(30)33)26-16-13-23(14-17-26)11-12-24-15-18-25-7-3-4-8-27(25)21-24/h3-22H,1-2H3. The van der Waals surface area contributed by atoms with E-state index in [2.05, 4.69) is 135 Å². The van der Waals surface area contributed by atoms with E-state index in [9.17, 15) is 0 Å². The molecular formula is C33H26. The van der Waals surface area contributed by atoms with Gasteiger partial charge in [-0.3, -0.25) is 0 Å². The van der Waals surface area contributed by atoms with Crippen LogP contribution in [0, 0.1) is 0 Å². The fourth-order valence-electron chi connectivity index (χ4n) is 5.17. The van der Waals surface area contributed by atoms with Gasteiger partial charge >= 0.3 is 0 Å². The second kappa shape index (κ2) is 7.60. The summed E-state index contributed by atoms with van der Waals surface area (Å²) in [6, 6.07) is 39.7. The molecule has 1 aliphatic carbocycles. The molecule has 0 spiro atoms. The van der Waals surface area contributed by atoms with Crippen LogP contribution in [0.3, 0.4) is 0 Å². The van der Waals surface area contributed by atoms with E-state index in [1.54, 1.807) is 0 Å². The van der Waals surface area contributed by atoms with Crippen LogP contribution in [0.15, 0.2) is 109 Å². The van der Waals surface area contributed by atoms with E-state index < -0.39 is 0 Å². The van der Waals surface area contributed by atoms with Crippen molar-refractivity contribution >= 4 is 22.9 Å². The minimum Gasteiger partial charge on any atom is -0.0619 e. The highest BCUT2D eigenvalue weighted by atomic mass is 14.4. The highest BCUT2D eigenvalue weighted by Crippen LogP contribution is 2.49. The van der Waals surface area contributed by atoms with Crippen LogP contribution in [0.25, 0.3) is 45.2 Å². The lowest BCUT2D eigenvalue weighted by atomic mass is 9.81. The van der Waals surface area contributed by atoms with Crippen molar-refractivity contribution in [2.45, 2.75) is 19.3 Å².